The van der Waals surface area contributed by atoms with Gasteiger partial charge in [-0.15, -0.1) is 0 Å². The van der Waals surface area contributed by atoms with E-state index in [-0.39, 0.29) is 5.54 Å². The lowest BCUT2D eigenvalue weighted by Gasteiger charge is -2.28. The van der Waals surface area contributed by atoms with Gasteiger partial charge in [0.25, 0.3) is 0 Å². The van der Waals surface area contributed by atoms with E-state index in [4.69, 9.17) is 0 Å². The number of nitrogens with zero attached hydrogens (tertiary/aromatic N) is 1. The quantitative estimate of drug-likeness (QED) is 0.689. The second-order valence-electron chi connectivity index (χ2n) is 6.15. The molecule has 1 aliphatic heterocycles. The predicted molar refractivity (Wildman–Crippen MR) is 89.0 cm³/mol. The van der Waals surface area contributed by atoms with E-state index in [9.17, 15) is 0 Å². The number of hydrogen-bond donors (Lipinski definition) is 0. The molecule has 0 aliphatic carbocycles. The zero-order valence-electron chi connectivity index (χ0n) is 13.3. The molecular formula is C20H24N+. The first-order chi connectivity index (χ1) is 10.1. The van der Waals surface area contributed by atoms with Crippen molar-refractivity contribution < 1.29 is 4.57 Å². The Labute approximate surface area is 128 Å². The van der Waals surface area contributed by atoms with Crippen molar-refractivity contribution in [2.24, 2.45) is 0 Å². The Hall–Kier alpha value is -1.89. The lowest BCUT2D eigenvalue weighted by atomic mass is 9.84. The van der Waals surface area contributed by atoms with E-state index in [1.54, 1.807) is 0 Å². The summed E-state index contributed by atoms with van der Waals surface area (Å²) in [5, 5.41) is 0. The fraction of sp³-hybridized carbons (Fsp3) is 0.350. The van der Waals surface area contributed by atoms with Crippen molar-refractivity contribution in [1.29, 1.82) is 0 Å². The second kappa shape index (κ2) is 5.14. The standard InChI is InChI=1S/C20H24N/c1-5-20(6-2)14-15(3)17-11-7-8-12-18(17)19-13-9-10-16(4)21(19)20/h7-13H,3,5-6,14H2,1-2,4H3/q+1. The summed E-state index contributed by atoms with van der Waals surface area (Å²) in [6.07, 6.45) is 3.28. The first-order valence-corrected chi connectivity index (χ1v) is 7.92. The first-order valence-electron chi connectivity index (χ1n) is 7.92. The number of pyridine rings is 1. The number of benzene rings is 1. The molecule has 108 valence electrons. The summed E-state index contributed by atoms with van der Waals surface area (Å²) in [6, 6.07) is 15.3. The number of rotatable bonds is 2. The summed E-state index contributed by atoms with van der Waals surface area (Å²) in [4.78, 5) is 0. The van der Waals surface area contributed by atoms with Gasteiger partial charge in [-0.2, -0.15) is 4.57 Å². The first kappa shape index (κ1) is 14.1. The van der Waals surface area contributed by atoms with Gasteiger partial charge in [0.2, 0.25) is 5.69 Å². The molecule has 1 aromatic heterocycles. The number of hydrogen-bond acceptors (Lipinski definition) is 0. The molecular weight excluding hydrogens is 254 g/mol. The van der Waals surface area contributed by atoms with E-state index in [0.29, 0.717) is 0 Å². The van der Waals surface area contributed by atoms with Crippen molar-refractivity contribution in [2.75, 3.05) is 0 Å². The van der Waals surface area contributed by atoms with Gasteiger partial charge >= 0.3 is 0 Å². The van der Waals surface area contributed by atoms with Crippen molar-refractivity contribution in [2.45, 2.75) is 45.6 Å². The van der Waals surface area contributed by atoms with Crippen LogP contribution in [-0.4, -0.2) is 0 Å². The van der Waals surface area contributed by atoms with E-state index in [1.807, 2.05) is 0 Å². The Morgan fingerprint density at radius 2 is 1.67 bits per heavy atom. The number of fused-ring (bicyclic) bond motifs is 3. The molecule has 0 amide bonds. The van der Waals surface area contributed by atoms with Gasteiger partial charge in [0, 0.05) is 38.3 Å². The molecule has 0 spiro atoms. The SMILES string of the molecule is C=C1CC(CC)(CC)[n+]2c(C)cccc2-c2ccccc21. The zero-order valence-corrected chi connectivity index (χ0v) is 13.3. The number of aromatic nitrogens is 1. The molecule has 0 saturated heterocycles. The van der Waals surface area contributed by atoms with Gasteiger partial charge in [-0.3, -0.25) is 0 Å². The van der Waals surface area contributed by atoms with Crippen LogP contribution in [-0.2, 0) is 5.54 Å². The third kappa shape index (κ3) is 2.03. The average molecular weight is 278 g/mol. The molecule has 0 N–H and O–H groups in total. The van der Waals surface area contributed by atoms with Crippen LogP contribution in [0.3, 0.4) is 0 Å². The fourth-order valence-electron chi connectivity index (χ4n) is 3.86. The topological polar surface area (TPSA) is 3.88 Å². The van der Waals surface area contributed by atoms with Gasteiger partial charge in [0.05, 0.1) is 5.56 Å². The second-order valence-corrected chi connectivity index (χ2v) is 6.15. The summed E-state index contributed by atoms with van der Waals surface area (Å²) >= 11 is 0. The van der Waals surface area contributed by atoms with Crippen molar-refractivity contribution in [3.63, 3.8) is 0 Å². The molecule has 0 radical (unpaired) electrons. The monoisotopic (exact) mass is 278 g/mol. The van der Waals surface area contributed by atoms with Crippen LogP contribution in [0.5, 0.6) is 0 Å². The van der Waals surface area contributed by atoms with Crippen LogP contribution in [0, 0.1) is 6.92 Å². The minimum absolute atomic E-state index is 0.136. The summed E-state index contributed by atoms with van der Waals surface area (Å²) in [5.41, 5.74) is 6.68. The Morgan fingerprint density at radius 3 is 2.33 bits per heavy atom. The minimum atomic E-state index is 0.136. The molecule has 21 heavy (non-hydrogen) atoms. The molecule has 2 heterocycles. The molecule has 1 aliphatic rings. The van der Waals surface area contributed by atoms with E-state index in [2.05, 4.69) is 74.4 Å². The Morgan fingerprint density at radius 1 is 1.00 bits per heavy atom. The van der Waals surface area contributed by atoms with Gasteiger partial charge in [-0.25, -0.2) is 0 Å². The normalized spacial score (nSPS) is 16.0. The molecule has 0 atom stereocenters. The Bertz CT molecular complexity index is 693. The molecule has 2 aromatic rings. The molecule has 1 nitrogen and oxygen atoms in total. The van der Waals surface area contributed by atoms with Crippen LogP contribution in [0.2, 0.25) is 0 Å². The van der Waals surface area contributed by atoms with Crippen LogP contribution >= 0.6 is 0 Å². The summed E-state index contributed by atoms with van der Waals surface area (Å²) in [5.74, 6) is 0. The van der Waals surface area contributed by atoms with Crippen molar-refractivity contribution >= 4 is 5.57 Å². The summed E-state index contributed by atoms with van der Waals surface area (Å²) < 4.78 is 2.56. The molecule has 0 bridgehead atoms. The molecule has 0 saturated carbocycles. The zero-order chi connectivity index (χ0) is 15.0. The summed E-state index contributed by atoms with van der Waals surface area (Å²) in [7, 11) is 0. The smallest absolute Gasteiger partial charge is 0.190 e. The van der Waals surface area contributed by atoms with Crippen molar-refractivity contribution in [3.8, 4) is 11.3 Å². The van der Waals surface area contributed by atoms with Crippen LogP contribution in [0.1, 0.15) is 44.4 Å². The van der Waals surface area contributed by atoms with Crippen LogP contribution in [0.25, 0.3) is 16.8 Å². The minimum Gasteiger partial charge on any atom is -0.190 e. The van der Waals surface area contributed by atoms with Crippen molar-refractivity contribution in [1.82, 2.24) is 0 Å². The highest BCUT2D eigenvalue weighted by molar-refractivity contribution is 5.79. The van der Waals surface area contributed by atoms with E-state index < -0.39 is 0 Å². The maximum atomic E-state index is 4.41. The third-order valence-electron chi connectivity index (χ3n) is 5.10. The fourth-order valence-corrected chi connectivity index (χ4v) is 3.86. The van der Waals surface area contributed by atoms with E-state index in [0.717, 1.165) is 19.3 Å². The average Bonchev–Trinajstić information content (AvgIpc) is 2.63. The summed E-state index contributed by atoms with van der Waals surface area (Å²) in [6.45, 7) is 11.2. The number of allylic oxidation sites excluding steroid dienone is 1. The van der Waals surface area contributed by atoms with Crippen LogP contribution in [0.4, 0.5) is 0 Å². The van der Waals surface area contributed by atoms with Crippen molar-refractivity contribution in [3.05, 3.63) is 60.3 Å². The van der Waals surface area contributed by atoms with Gasteiger partial charge in [-0.05, 0) is 23.3 Å². The van der Waals surface area contributed by atoms with Crippen LogP contribution in [0.15, 0.2) is 49.0 Å². The van der Waals surface area contributed by atoms with E-state index >= 15 is 0 Å². The molecule has 1 aromatic carbocycles. The molecule has 1 heteroatoms. The Kier molecular flexibility index (Phi) is 3.44. The van der Waals surface area contributed by atoms with E-state index in [1.165, 1.54) is 28.1 Å². The van der Waals surface area contributed by atoms with Gasteiger partial charge in [0.1, 0.15) is 0 Å². The Balaban J connectivity index is 2.40. The largest absolute Gasteiger partial charge is 0.213 e. The maximum Gasteiger partial charge on any atom is 0.213 e. The molecule has 3 rings (SSSR count). The highest BCUT2D eigenvalue weighted by Gasteiger charge is 2.43. The third-order valence-corrected chi connectivity index (χ3v) is 5.10. The van der Waals surface area contributed by atoms with Gasteiger partial charge in [0.15, 0.2) is 11.2 Å². The highest BCUT2D eigenvalue weighted by Crippen LogP contribution is 2.39. The van der Waals surface area contributed by atoms with Gasteiger partial charge in [-0.1, -0.05) is 38.6 Å². The lowest BCUT2D eigenvalue weighted by Crippen LogP contribution is -2.58. The lowest BCUT2D eigenvalue weighted by molar-refractivity contribution is -0.760. The number of aryl methyl sites for hydroxylation is 1. The van der Waals surface area contributed by atoms with Crippen LogP contribution < -0.4 is 4.57 Å². The predicted octanol–water partition coefficient (Wildman–Crippen LogP) is 4.88. The molecule has 0 unspecified atom stereocenters. The molecule has 0 fully saturated rings. The maximum absolute atomic E-state index is 4.41. The van der Waals surface area contributed by atoms with Gasteiger partial charge < -0.3 is 0 Å². The highest BCUT2D eigenvalue weighted by atomic mass is 15.1.